The summed E-state index contributed by atoms with van der Waals surface area (Å²) < 4.78 is 19.2. The Morgan fingerprint density at radius 2 is 1.28 bits per heavy atom. The van der Waals surface area contributed by atoms with Crippen LogP contribution in [0, 0.1) is 7.14 Å². The summed E-state index contributed by atoms with van der Waals surface area (Å²) in [5.41, 5.74) is 7.78. The number of carboxylic acids is 1. The van der Waals surface area contributed by atoms with Crippen molar-refractivity contribution in [3.63, 3.8) is 0 Å². The highest BCUT2D eigenvalue weighted by molar-refractivity contribution is 14.1. The number of carbonyl (C=O) groups is 2. The highest BCUT2D eigenvalue weighted by atomic mass is 127. The zero-order chi connectivity index (χ0) is 43.1. The summed E-state index contributed by atoms with van der Waals surface area (Å²) in [4.78, 5) is 28.9. The number of amides is 1. The molecule has 7 aromatic rings. The second kappa shape index (κ2) is 22.3. The third-order valence-electron chi connectivity index (χ3n) is 9.83. The number of aliphatic carboxylic acids is 1. The largest absolute Gasteiger partial charge is 0.508 e. The van der Waals surface area contributed by atoms with Gasteiger partial charge in [0.2, 0.25) is 0 Å². The van der Waals surface area contributed by atoms with Crippen molar-refractivity contribution < 1.29 is 34.0 Å². The molecule has 8 rings (SSSR count). The number of aromatic hydroxyl groups is 1. The highest BCUT2D eigenvalue weighted by Gasteiger charge is 2.30. The van der Waals surface area contributed by atoms with Crippen LogP contribution < -0.4 is 14.8 Å². The van der Waals surface area contributed by atoms with E-state index in [2.05, 4.69) is 87.5 Å². The summed E-state index contributed by atoms with van der Waals surface area (Å²) in [5.74, 6) is 0.787. The lowest BCUT2D eigenvalue weighted by Crippen LogP contribution is -2.43. The first-order chi connectivity index (χ1) is 29.6. The van der Waals surface area contributed by atoms with Crippen LogP contribution in [-0.4, -0.2) is 53.1 Å². The van der Waals surface area contributed by atoms with E-state index in [0.717, 1.165) is 84.5 Å². The Bertz CT molecular complexity index is 2490. The molecule has 0 spiro atoms. The molecule has 0 unspecified atom stereocenters. The number of phenols is 1. The Morgan fingerprint density at radius 3 is 1.87 bits per heavy atom. The zero-order valence-electron chi connectivity index (χ0n) is 33.9. The van der Waals surface area contributed by atoms with Gasteiger partial charge < -0.3 is 34.7 Å². The molecule has 0 bridgehead atoms. The van der Waals surface area contributed by atoms with E-state index in [-0.39, 0.29) is 18.9 Å². The number of carbonyl (C=O) groups excluding carboxylic acids is 1. The number of halogens is 2. The number of fused-ring (bicyclic) bond motifs is 4. The number of phenolic OH excluding ortho intramolecular Hbond substituents is 1. The molecule has 11 heteroatoms. The number of aromatic nitrogens is 1. The third kappa shape index (κ3) is 12.3. The highest BCUT2D eigenvalue weighted by Crippen LogP contribution is 2.44. The van der Waals surface area contributed by atoms with Gasteiger partial charge in [0.1, 0.15) is 29.9 Å². The number of hydrogen-bond donors (Lipinski definition) is 4. The fraction of sp³-hybridized carbons (Fsp3) is 0.200. The van der Waals surface area contributed by atoms with Crippen LogP contribution in [0.2, 0.25) is 0 Å². The molecule has 61 heavy (non-hydrogen) atoms. The number of H-pyrrole nitrogens is 1. The van der Waals surface area contributed by atoms with Crippen molar-refractivity contribution in [2.45, 2.75) is 45.1 Å². The third-order valence-corrected chi connectivity index (χ3v) is 11.2. The molecule has 6 aromatic carbocycles. The van der Waals surface area contributed by atoms with E-state index >= 15 is 0 Å². The van der Waals surface area contributed by atoms with Crippen LogP contribution in [0.1, 0.15) is 49.3 Å². The maximum atomic E-state index is 13.0. The van der Waals surface area contributed by atoms with Crippen molar-refractivity contribution in [1.29, 1.82) is 0 Å². The van der Waals surface area contributed by atoms with Crippen LogP contribution in [-0.2, 0) is 16.0 Å². The number of benzene rings is 6. The molecular formula is C50H48I2N2O7. The first-order valence-corrected chi connectivity index (χ1v) is 22.3. The number of hydrogen-bond acceptors (Lipinski definition) is 6. The number of aromatic amines is 1. The van der Waals surface area contributed by atoms with E-state index in [1.54, 1.807) is 12.1 Å². The van der Waals surface area contributed by atoms with Crippen LogP contribution in [0.4, 0.5) is 4.79 Å². The van der Waals surface area contributed by atoms with Gasteiger partial charge in [0.15, 0.2) is 0 Å². The average Bonchev–Trinajstić information content (AvgIpc) is 3.80. The number of para-hydroxylation sites is 1. The van der Waals surface area contributed by atoms with Crippen molar-refractivity contribution in [2.24, 2.45) is 0 Å². The SMILES string of the molecule is CCCOc1cccc(-c2[nH]c3ccccc3c2C[C@H](NC(=O)OCC2c3ccccc3-c3ccccc32)C(=O)O)c1.CCCOc1cccc(I)c1.Oc1cccc(I)c1. The minimum absolute atomic E-state index is 0.0684. The van der Waals surface area contributed by atoms with Gasteiger partial charge in [-0.15, -0.1) is 0 Å². The molecule has 314 valence electrons. The topological polar surface area (TPSA) is 130 Å². The van der Waals surface area contributed by atoms with E-state index in [4.69, 9.17) is 19.3 Å². The van der Waals surface area contributed by atoms with Gasteiger partial charge in [0.25, 0.3) is 0 Å². The second-order valence-electron chi connectivity index (χ2n) is 14.3. The number of alkyl carbamates (subject to hydrolysis) is 1. The van der Waals surface area contributed by atoms with Gasteiger partial charge >= 0.3 is 12.1 Å². The van der Waals surface area contributed by atoms with E-state index in [1.165, 1.54) is 3.57 Å². The summed E-state index contributed by atoms with van der Waals surface area (Å²) in [6, 6.07) is 45.6. The van der Waals surface area contributed by atoms with Gasteiger partial charge in [-0.1, -0.05) is 105 Å². The van der Waals surface area contributed by atoms with Crippen molar-refractivity contribution >= 4 is 68.1 Å². The Labute approximate surface area is 383 Å². The monoisotopic (exact) mass is 1040 g/mol. The second-order valence-corrected chi connectivity index (χ2v) is 16.7. The van der Waals surface area contributed by atoms with Crippen molar-refractivity contribution in [3.8, 4) is 39.6 Å². The fourth-order valence-electron chi connectivity index (χ4n) is 7.06. The number of rotatable bonds is 13. The number of ether oxygens (including phenoxy) is 3. The van der Waals surface area contributed by atoms with Gasteiger partial charge in [-0.05, 0) is 140 Å². The zero-order valence-corrected chi connectivity index (χ0v) is 38.3. The normalized spacial score (nSPS) is 11.8. The summed E-state index contributed by atoms with van der Waals surface area (Å²) >= 11 is 4.42. The molecule has 1 aliphatic rings. The van der Waals surface area contributed by atoms with Crippen LogP contribution in [0.5, 0.6) is 17.2 Å². The summed E-state index contributed by atoms with van der Waals surface area (Å²) in [7, 11) is 0. The van der Waals surface area contributed by atoms with Gasteiger partial charge in [0.05, 0.1) is 13.2 Å². The molecular weight excluding hydrogens is 994 g/mol. The fourth-order valence-corrected chi connectivity index (χ4v) is 8.10. The molecule has 1 aromatic heterocycles. The molecule has 1 atom stereocenters. The first-order valence-electron chi connectivity index (χ1n) is 20.1. The Kier molecular flexibility index (Phi) is 16.5. The smallest absolute Gasteiger partial charge is 0.407 e. The first kappa shape index (κ1) is 45.0. The van der Waals surface area contributed by atoms with Crippen LogP contribution in [0.15, 0.2) is 146 Å². The summed E-state index contributed by atoms with van der Waals surface area (Å²) in [6.07, 6.45) is 1.26. The van der Waals surface area contributed by atoms with Crippen molar-refractivity contribution in [1.82, 2.24) is 10.3 Å². The molecule has 9 nitrogen and oxygen atoms in total. The minimum atomic E-state index is -1.20. The Morgan fingerprint density at radius 1 is 0.705 bits per heavy atom. The molecule has 0 fully saturated rings. The van der Waals surface area contributed by atoms with Crippen LogP contribution in [0.3, 0.4) is 0 Å². The predicted molar refractivity (Wildman–Crippen MR) is 259 cm³/mol. The summed E-state index contributed by atoms with van der Waals surface area (Å²) in [5, 5.41) is 22.4. The maximum Gasteiger partial charge on any atom is 0.407 e. The van der Waals surface area contributed by atoms with Crippen molar-refractivity contribution in [2.75, 3.05) is 19.8 Å². The van der Waals surface area contributed by atoms with E-state index in [0.29, 0.717) is 12.4 Å². The maximum absolute atomic E-state index is 13.0. The van der Waals surface area contributed by atoms with Gasteiger partial charge in [-0.25, -0.2) is 9.59 Å². The Hall–Kier alpha value is -5.54. The molecule has 0 saturated carbocycles. The number of nitrogens with one attached hydrogen (secondary N) is 2. The minimum Gasteiger partial charge on any atom is -0.508 e. The number of carboxylic acid groups (broad SMARTS) is 1. The molecule has 1 aliphatic carbocycles. The van der Waals surface area contributed by atoms with Gasteiger partial charge in [0, 0.05) is 41.6 Å². The molecule has 4 N–H and O–H groups in total. The Balaban J connectivity index is 0.000000268. The van der Waals surface area contributed by atoms with E-state index in [9.17, 15) is 14.7 Å². The quantitative estimate of drug-likeness (QED) is 0.0846. The molecule has 0 aliphatic heterocycles. The molecule has 1 heterocycles. The van der Waals surface area contributed by atoms with Gasteiger partial charge in [-0.2, -0.15) is 0 Å². The molecule has 1 amide bonds. The molecule has 0 radical (unpaired) electrons. The lowest BCUT2D eigenvalue weighted by molar-refractivity contribution is -0.139. The lowest BCUT2D eigenvalue weighted by Gasteiger charge is -2.18. The van der Waals surface area contributed by atoms with E-state index in [1.807, 2.05) is 115 Å². The standard InChI is InChI=1S/C35H32N2O5.C9H11IO.C6H5IO/c1-2-18-41-23-11-9-10-22(19-23)33-29(28-16-7-8-17-31(28)36-33)20-32(34(38)39)37-35(40)42-21-30-26-14-5-3-12-24(26)25-13-4-6-15-27(25)30;1-2-6-11-9-5-3-4-8(10)7-9;7-5-2-1-3-6(8)4-5/h3-17,19,30,32,36H,2,18,20-21H2,1H3,(H,37,40)(H,38,39);3-5,7H,2,6H2,1H3;1-4,8H/t32-;;/m0../s1. The van der Waals surface area contributed by atoms with Crippen LogP contribution in [0.25, 0.3) is 33.3 Å². The van der Waals surface area contributed by atoms with Crippen molar-refractivity contribution in [3.05, 3.63) is 169 Å². The average molecular weight is 1040 g/mol. The van der Waals surface area contributed by atoms with Gasteiger partial charge in [-0.3, -0.25) is 0 Å². The predicted octanol–water partition coefficient (Wildman–Crippen LogP) is 12.2. The van der Waals surface area contributed by atoms with E-state index < -0.39 is 18.1 Å². The summed E-state index contributed by atoms with van der Waals surface area (Å²) in [6.45, 7) is 5.67. The molecule has 0 saturated heterocycles. The van der Waals surface area contributed by atoms with Crippen LogP contribution >= 0.6 is 45.2 Å². The lowest BCUT2D eigenvalue weighted by atomic mass is 9.98.